The number of hydrazine groups is 1. The van der Waals surface area contributed by atoms with Gasteiger partial charge in [0.1, 0.15) is 6.04 Å². The number of nitrogens with zero attached hydrogens (tertiary/aromatic N) is 5. The quantitative estimate of drug-likeness (QED) is 0.0664. The second kappa shape index (κ2) is 23.3. The lowest BCUT2D eigenvalue weighted by Crippen LogP contribution is -2.56. The molecule has 6 rings (SSSR count). The number of hydrogen-bond donors (Lipinski definition) is 2. The zero-order valence-electron chi connectivity index (χ0n) is 39.7. The molecule has 4 atom stereocenters. The molecule has 0 bridgehead atoms. The zero-order chi connectivity index (χ0) is 46.6. The number of nitrogens with one attached hydrogen (secondary N) is 2. The van der Waals surface area contributed by atoms with Crippen LogP contribution in [0.4, 0.5) is 0 Å². The van der Waals surface area contributed by atoms with E-state index in [1.54, 1.807) is 24.5 Å². The van der Waals surface area contributed by atoms with Crippen molar-refractivity contribution in [3.05, 3.63) is 115 Å². The van der Waals surface area contributed by atoms with E-state index in [4.69, 9.17) is 14.5 Å². The summed E-state index contributed by atoms with van der Waals surface area (Å²) in [6.45, 7) is 27.4. The predicted octanol–water partition coefficient (Wildman–Crippen LogP) is 9.44. The summed E-state index contributed by atoms with van der Waals surface area (Å²) in [6.07, 6.45) is 9.24. The second-order valence-electron chi connectivity index (χ2n) is 18.2. The molecular weight excluding hydrogens is 819 g/mol. The molecule has 0 saturated carbocycles. The van der Waals surface area contributed by atoms with Crippen molar-refractivity contribution in [1.82, 2.24) is 34.5 Å². The number of likely N-dealkylation sites (N-methyl/N-ethyl adjacent to an activating group) is 1. The standard InChI is InChI=1S/C45H60N6O4.C7H13NS/c1-11-49(8)42(30(2)3)31(4)48-39(44(53)51-23-13-12-22-47-51)25-33-16-14-17-34(24-33)35-19-20-40-37(26-35)38(27-45(6,7)28-55-29-52)43(50(40)9)36-18-15-21-46-41(36)32(5)54-10;1-3-9(2)8-6-4-5-7-8/h11,14-21,24,26,29-30,32,39,42,47-48H,1,4,12-13,22-23,25,27-28H2,2-3,5-10H3;3H,1-2,4-7H2. The summed E-state index contributed by atoms with van der Waals surface area (Å²) in [5, 5.41) is 8.39. The molecule has 2 fully saturated rings. The van der Waals surface area contributed by atoms with Gasteiger partial charge in [-0.15, -0.1) is 10.7 Å². The molecule has 12 heteroatoms. The van der Waals surface area contributed by atoms with Gasteiger partial charge in [-0.3, -0.25) is 23.9 Å². The van der Waals surface area contributed by atoms with E-state index in [1.807, 2.05) is 30.3 Å². The van der Waals surface area contributed by atoms with Crippen LogP contribution in [-0.4, -0.2) is 101 Å². The van der Waals surface area contributed by atoms with Crippen LogP contribution in [0.2, 0.25) is 0 Å². The van der Waals surface area contributed by atoms with Crippen LogP contribution in [0.25, 0.3) is 33.3 Å². The van der Waals surface area contributed by atoms with Gasteiger partial charge in [-0.25, -0.2) is 5.43 Å². The molecule has 2 aromatic carbocycles. The van der Waals surface area contributed by atoms with Crippen LogP contribution in [0.3, 0.4) is 0 Å². The number of pyridine rings is 1. The van der Waals surface area contributed by atoms with Crippen LogP contribution in [0.15, 0.2) is 97.8 Å². The summed E-state index contributed by atoms with van der Waals surface area (Å²) < 4.78 is 15.7. The first-order chi connectivity index (χ1) is 30.6. The van der Waals surface area contributed by atoms with Crippen LogP contribution in [-0.2, 0) is 39.0 Å². The third-order valence-electron chi connectivity index (χ3n) is 12.4. The lowest BCUT2D eigenvalue weighted by Gasteiger charge is -2.36. The van der Waals surface area contributed by atoms with E-state index in [1.165, 1.54) is 25.9 Å². The van der Waals surface area contributed by atoms with Crippen LogP contribution in [0.1, 0.15) is 83.2 Å². The summed E-state index contributed by atoms with van der Waals surface area (Å²) >= 11 is 0. The molecular formula is C52H73N7O4S. The van der Waals surface area contributed by atoms with Gasteiger partial charge in [-0.05, 0) is 103 Å². The summed E-state index contributed by atoms with van der Waals surface area (Å²) in [7, 11) is 5.88. The van der Waals surface area contributed by atoms with Gasteiger partial charge in [0, 0.05) is 87.6 Å². The first-order valence-electron chi connectivity index (χ1n) is 22.6. The average Bonchev–Trinajstić information content (AvgIpc) is 3.94. The number of aromatic nitrogens is 2. The van der Waals surface area contributed by atoms with Crippen molar-refractivity contribution >= 4 is 39.8 Å². The van der Waals surface area contributed by atoms with Crippen molar-refractivity contribution in [3.63, 3.8) is 0 Å². The minimum absolute atomic E-state index is 0.0108. The predicted molar refractivity (Wildman–Crippen MR) is 268 cm³/mol. The number of ether oxygens (including phenoxy) is 2. The van der Waals surface area contributed by atoms with Crippen molar-refractivity contribution in [2.75, 3.05) is 46.9 Å². The Morgan fingerprint density at radius 1 is 1.03 bits per heavy atom. The molecule has 2 N–H and O–H groups in total. The third-order valence-corrected chi connectivity index (χ3v) is 13.8. The molecule has 0 aliphatic carbocycles. The van der Waals surface area contributed by atoms with Gasteiger partial charge >= 0.3 is 0 Å². The number of fused-ring (bicyclic) bond motifs is 1. The number of aryl methyl sites for hydroxylation is 1. The van der Waals surface area contributed by atoms with E-state index in [-0.39, 0.29) is 46.7 Å². The van der Waals surface area contributed by atoms with Crippen LogP contribution in [0.5, 0.6) is 0 Å². The fourth-order valence-electron chi connectivity index (χ4n) is 9.01. The summed E-state index contributed by atoms with van der Waals surface area (Å²) in [5.41, 5.74) is 12.1. The normalized spacial score (nSPS) is 16.3. The molecule has 346 valence electrons. The van der Waals surface area contributed by atoms with Gasteiger partial charge in [0.25, 0.3) is 12.4 Å². The fraction of sp³-hybridized carbons (Fsp3) is 0.462. The van der Waals surface area contributed by atoms with E-state index in [0.29, 0.717) is 25.9 Å². The van der Waals surface area contributed by atoms with E-state index in [2.05, 4.69) is 128 Å². The Balaban J connectivity index is 0.000000762. The van der Waals surface area contributed by atoms with Gasteiger partial charge in [0.05, 0.1) is 30.1 Å². The van der Waals surface area contributed by atoms with E-state index in [9.17, 15) is 9.59 Å². The Hall–Kier alpha value is -5.01. The maximum absolute atomic E-state index is 14.1. The minimum Gasteiger partial charge on any atom is -0.467 e. The highest BCUT2D eigenvalue weighted by Crippen LogP contribution is 2.41. The lowest BCUT2D eigenvalue weighted by atomic mass is 9.84. The van der Waals surface area contributed by atoms with Crippen molar-refractivity contribution < 1.29 is 19.1 Å². The molecule has 4 aromatic rings. The van der Waals surface area contributed by atoms with Crippen LogP contribution < -0.4 is 10.7 Å². The Kier molecular flexibility index (Phi) is 18.2. The number of methoxy groups -OCH3 is 1. The minimum atomic E-state index is -0.516. The Labute approximate surface area is 385 Å². The lowest BCUT2D eigenvalue weighted by molar-refractivity contribution is -0.137. The SMILES string of the molecule is C=CN(C)C(C(=C)NC(Cc1cccc(-c2ccc3c(c2)c(CC(C)(C)COC=O)c(-c2cccnc2C(C)OC)n3C)c1)C(=O)N1CCCCN1)C(C)C.C=CS(=C)N1CCCC1. The van der Waals surface area contributed by atoms with Gasteiger partial charge in [-0.2, -0.15) is 0 Å². The smallest absolute Gasteiger partial charge is 0.293 e. The number of hydrogen-bond acceptors (Lipinski definition) is 9. The van der Waals surface area contributed by atoms with Crippen molar-refractivity contribution in [1.29, 1.82) is 0 Å². The zero-order valence-corrected chi connectivity index (χ0v) is 40.5. The molecule has 64 heavy (non-hydrogen) atoms. The topological polar surface area (TPSA) is 104 Å². The molecule has 2 aromatic heterocycles. The third kappa shape index (κ3) is 12.4. The van der Waals surface area contributed by atoms with Gasteiger partial charge < -0.3 is 24.3 Å². The molecule has 4 unspecified atom stereocenters. The largest absolute Gasteiger partial charge is 0.467 e. The van der Waals surface area contributed by atoms with Gasteiger partial charge in [-0.1, -0.05) is 83.6 Å². The molecule has 2 aliphatic rings. The molecule has 11 nitrogen and oxygen atoms in total. The van der Waals surface area contributed by atoms with E-state index < -0.39 is 6.04 Å². The summed E-state index contributed by atoms with van der Waals surface area (Å²) in [4.78, 5) is 32.1. The van der Waals surface area contributed by atoms with E-state index >= 15 is 0 Å². The number of rotatable bonds is 20. The number of carbonyl (C=O) groups excluding carboxylic acids is 2. The molecule has 4 heterocycles. The molecule has 1 amide bonds. The highest BCUT2D eigenvalue weighted by molar-refractivity contribution is 8.14. The van der Waals surface area contributed by atoms with Crippen molar-refractivity contribution in [2.24, 2.45) is 18.4 Å². The summed E-state index contributed by atoms with van der Waals surface area (Å²) in [5.74, 6) is 4.24. The first-order valence-corrected chi connectivity index (χ1v) is 24.0. The highest BCUT2D eigenvalue weighted by Gasteiger charge is 2.31. The molecule has 0 spiro atoms. The number of carbonyl (C=O) groups is 2. The maximum atomic E-state index is 14.1. The Morgan fingerprint density at radius 2 is 1.75 bits per heavy atom. The van der Waals surface area contributed by atoms with Crippen LogP contribution in [0, 0.1) is 11.3 Å². The second-order valence-corrected chi connectivity index (χ2v) is 19.8. The Bertz CT molecular complexity index is 2260. The first kappa shape index (κ1) is 50.0. The van der Waals surface area contributed by atoms with Gasteiger partial charge in [0.2, 0.25) is 0 Å². The van der Waals surface area contributed by atoms with Crippen molar-refractivity contribution in [2.45, 2.75) is 91.3 Å². The highest BCUT2D eigenvalue weighted by atomic mass is 32.2. The Morgan fingerprint density at radius 3 is 2.39 bits per heavy atom. The fourth-order valence-corrected chi connectivity index (χ4v) is 9.95. The number of benzene rings is 2. The van der Waals surface area contributed by atoms with Crippen molar-refractivity contribution in [3.8, 4) is 22.4 Å². The molecule has 0 radical (unpaired) electrons. The average molecular weight is 892 g/mol. The van der Waals surface area contributed by atoms with E-state index in [0.717, 1.165) is 75.2 Å². The molecule has 2 aliphatic heterocycles. The number of amides is 1. The summed E-state index contributed by atoms with van der Waals surface area (Å²) in [6, 6.07) is 18.6. The molecule has 2 saturated heterocycles. The maximum Gasteiger partial charge on any atom is 0.293 e. The van der Waals surface area contributed by atoms with Gasteiger partial charge in [0.15, 0.2) is 0 Å². The van der Waals surface area contributed by atoms with Crippen LogP contribution >= 0.6 is 10.7 Å². The monoisotopic (exact) mass is 892 g/mol.